The number of nitrogens with zero attached hydrogens (tertiary/aromatic N) is 2. The highest BCUT2D eigenvalue weighted by atomic mass is 16.5. The lowest BCUT2D eigenvalue weighted by Crippen LogP contribution is -2.39. The maximum atomic E-state index is 12.1. The van der Waals surface area contributed by atoms with Gasteiger partial charge in [-0.2, -0.15) is 5.10 Å². The first kappa shape index (κ1) is 14.6. The predicted octanol–water partition coefficient (Wildman–Crippen LogP) is 1.46. The zero-order chi connectivity index (χ0) is 14.4. The molecule has 1 N–H and O–H groups in total. The van der Waals surface area contributed by atoms with Crippen LogP contribution < -0.4 is 0 Å². The lowest BCUT2D eigenvalue weighted by Gasteiger charge is -2.32. The lowest BCUT2D eigenvalue weighted by atomic mass is 9.94. The third-order valence-corrected chi connectivity index (χ3v) is 3.58. The standard InChI is InChI=1S/C14H21N3O3/c1-2-20-14(19)6-5-13(18)17-9-3-4-11(10-17)12-7-8-15-16-12/h7-8,11H,2-6,9-10H2,1H3,(H,15,16). The molecule has 1 saturated heterocycles. The van der Waals surface area contributed by atoms with Gasteiger partial charge in [0, 0.05) is 37.3 Å². The molecule has 1 amide bonds. The Bertz CT molecular complexity index is 445. The number of carbonyl (C=O) groups is 2. The zero-order valence-corrected chi connectivity index (χ0v) is 11.8. The molecule has 110 valence electrons. The number of ether oxygens (including phenoxy) is 1. The van der Waals surface area contributed by atoms with Gasteiger partial charge in [0.05, 0.1) is 13.0 Å². The Balaban J connectivity index is 1.82. The van der Waals surface area contributed by atoms with Crippen LogP contribution in [0.25, 0.3) is 0 Å². The summed E-state index contributed by atoms with van der Waals surface area (Å²) in [7, 11) is 0. The minimum atomic E-state index is -0.303. The van der Waals surface area contributed by atoms with Gasteiger partial charge < -0.3 is 9.64 Å². The summed E-state index contributed by atoms with van der Waals surface area (Å²) in [5, 5.41) is 6.93. The summed E-state index contributed by atoms with van der Waals surface area (Å²) in [6.07, 6.45) is 4.17. The second-order valence-electron chi connectivity index (χ2n) is 5.00. The van der Waals surface area contributed by atoms with E-state index in [0.717, 1.165) is 25.1 Å². The first-order valence-corrected chi connectivity index (χ1v) is 7.13. The molecule has 1 unspecified atom stereocenters. The normalized spacial score (nSPS) is 18.9. The van der Waals surface area contributed by atoms with Gasteiger partial charge in [0.25, 0.3) is 0 Å². The number of nitrogens with one attached hydrogen (secondary N) is 1. The lowest BCUT2D eigenvalue weighted by molar-refractivity contribution is -0.145. The molecule has 0 bridgehead atoms. The SMILES string of the molecule is CCOC(=O)CCC(=O)N1CCCC(c2ccn[nH]2)C1. The van der Waals surface area contributed by atoms with Crippen LogP contribution in [0.4, 0.5) is 0 Å². The molecule has 1 fully saturated rings. The molecule has 6 nitrogen and oxygen atoms in total. The van der Waals surface area contributed by atoms with Crippen molar-refractivity contribution in [1.29, 1.82) is 0 Å². The van der Waals surface area contributed by atoms with Crippen molar-refractivity contribution in [2.75, 3.05) is 19.7 Å². The number of amides is 1. The average molecular weight is 279 g/mol. The molecule has 0 aliphatic carbocycles. The average Bonchev–Trinajstić information content (AvgIpc) is 2.99. The number of hydrogen-bond donors (Lipinski definition) is 1. The van der Waals surface area contributed by atoms with Crippen molar-refractivity contribution in [2.24, 2.45) is 0 Å². The topological polar surface area (TPSA) is 75.3 Å². The third-order valence-electron chi connectivity index (χ3n) is 3.58. The Kier molecular flexibility index (Phi) is 5.15. The van der Waals surface area contributed by atoms with E-state index in [4.69, 9.17) is 4.74 Å². The molecule has 0 radical (unpaired) electrons. The Labute approximate surface area is 118 Å². The maximum absolute atomic E-state index is 12.1. The number of H-pyrrole nitrogens is 1. The molecule has 6 heteroatoms. The van der Waals surface area contributed by atoms with Gasteiger partial charge in [-0.15, -0.1) is 0 Å². The van der Waals surface area contributed by atoms with E-state index in [1.165, 1.54) is 0 Å². The fourth-order valence-electron chi connectivity index (χ4n) is 2.55. The van der Waals surface area contributed by atoms with Gasteiger partial charge in [0.15, 0.2) is 0 Å². The van der Waals surface area contributed by atoms with Gasteiger partial charge in [0.1, 0.15) is 0 Å². The molecule has 1 aromatic heterocycles. The number of esters is 1. The first-order valence-electron chi connectivity index (χ1n) is 7.13. The fourth-order valence-corrected chi connectivity index (χ4v) is 2.55. The first-order chi connectivity index (χ1) is 9.70. The van der Waals surface area contributed by atoms with E-state index in [2.05, 4.69) is 10.2 Å². The van der Waals surface area contributed by atoms with Gasteiger partial charge in [-0.25, -0.2) is 0 Å². The predicted molar refractivity (Wildman–Crippen MR) is 73.0 cm³/mol. The van der Waals surface area contributed by atoms with Crippen LogP contribution in [0.3, 0.4) is 0 Å². The Morgan fingerprint density at radius 1 is 1.50 bits per heavy atom. The second kappa shape index (κ2) is 7.07. The number of aromatic nitrogens is 2. The molecular weight excluding hydrogens is 258 g/mol. The number of piperidine rings is 1. The van der Waals surface area contributed by atoms with Crippen LogP contribution in [0, 0.1) is 0 Å². The summed E-state index contributed by atoms with van der Waals surface area (Å²) in [5.74, 6) is 0.0445. The van der Waals surface area contributed by atoms with E-state index >= 15 is 0 Å². The van der Waals surface area contributed by atoms with E-state index in [1.54, 1.807) is 13.1 Å². The number of aromatic amines is 1. The number of rotatable bonds is 5. The molecule has 1 aliphatic heterocycles. The van der Waals surface area contributed by atoms with Crippen molar-refractivity contribution in [1.82, 2.24) is 15.1 Å². The van der Waals surface area contributed by atoms with Gasteiger partial charge in [-0.1, -0.05) is 0 Å². The van der Waals surface area contributed by atoms with Crippen LogP contribution in [0.15, 0.2) is 12.3 Å². The van der Waals surface area contributed by atoms with Crippen molar-refractivity contribution in [3.8, 4) is 0 Å². The molecule has 0 saturated carbocycles. The molecule has 0 aromatic carbocycles. The Hall–Kier alpha value is -1.85. The van der Waals surface area contributed by atoms with Crippen molar-refractivity contribution >= 4 is 11.9 Å². The molecule has 1 aliphatic rings. The number of carbonyl (C=O) groups excluding carboxylic acids is 2. The molecule has 2 heterocycles. The van der Waals surface area contributed by atoms with Crippen molar-refractivity contribution in [3.05, 3.63) is 18.0 Å². The zero-order valence-electron chi connectivity index (χ0n) is 11.8. The van der Waals surface area contributed by atoms with E-state index in [-0.39, 0.29) is 24.7 Å². The molecule has 20 heavy (non-hydrogen) atoms. The monoisotopic (exact) mass is 279 g/mol. The molecule has 2 rings (SSSR count). The van der Waals surface area contributed by atoms with Crippen LogP contribution in [0.5, 0.6) is 0 Å². The van der Waals surface area contributed by atoms with Crippen LogP contribution in [-0.4, -0.2) is 46.7 Å². The van der Waals surface area contributed by atoms with E-state index in [0.29, 0.717) is 19.1 Å². The Morgan fingerprint density at radius 2 is 2.35 bits per heavy atom. The number of hydrogen-bond acceptors (Lipinski definition) is 4. The van der Waals surface area contributed by atoms with Crippen molar-refractivity contribution < 1.29 is 14.3 Å². The second-order valence-corrected chi connectivity index (χ2v) is 5.00. The van der Waals surface area contributed by atoms with Gasteiger partial charge >= 0.3 is 5.97 Å². The Morgan fingerprint density at radius 3 is 3.05 bits per heavy atom. The minimum absolute atomic E-state index is 0.0299. The molecule has 1 aromatic rings. The van der Waals surface area contributed by atoms with E-state index in [9.17, 15) is 9.59 Å². The smallest absolute Gasteiger partial charge is 0.306 e. The summed E-state index contributed by atoms with van der Waals surface area (Å²) >= 11 is 0. The van der Waals surface area contributed by atoms with E-state index in [1.807, 2.05) is 11.0 Å². The maximum Gasteiger partial charge on any atom is 0.306 e. The van der Waals surface area contributed by atoms with E-state index < -0.39 is 0 Å². The highest BCUT2D eigenvalue weighted by Gasteiger charge is 2.25. The third kappa shape index (κ3) is 3.82. The molecule has 0 spiro atoms. The summed E-state index contributed by atoms with van der Waals surface area (Å²) in [6.45, 7) is 3.59. The summed E-state index contributed by atoms with van der Waals surface area (Å²) < 4.78 is 4.84. The van der Waals surface area contributed by atoms with Crippen molar-refractivity contribution in [3.63, 3.8) is 0 Å². The summed E-state index contributed by atoms with van der Waals surface area (Å²) in [4.78, 5) is 25.2. The van der Waals surface area contributed by atoms with Gasteiger partial charge in [0.2, 0.25) is 5.91 Å². The highest BCUT2D eigenvalue weighted by molar-refractivity contribution is 5.81. The van der Waals surface area contributed by atoms with Crippen LogP contribution in [-0.2, 0) is 14.3 Å². The highest BCUT2D eigenvalue weighted by Crippen LogP contribution is 2.25. The van der Waals surface area contributed by atoms with Crippen molar-refractivity contribution in [2.45, 2.75) is 38.5 Å². The minimum Gasteiger partial charge on any atom is -0.466 e. The summed E-state index contributed by atoms with van der Waals surface area (Å²) in [5.41, 5.74) is 1.08. The van der Waals surface area contributed by atoms with Gasteiger partial charge in [-0.05, 0) is 25.8 Å². The summed E-state index contributed by atoms with van der Waals surface area (Å²) in [6, 6.07) is 1.96. The van der Waals surface area contributed by atoms with Gasteiger partial charge in [-0.3, -0.25) is 14.7 Å². The molecular formula is C14H21N3O3. The van der Waals surface area contributed by atoms with Crippen LogP contribution >= 0.6 is 0 Å². The number of likely N-dealkylation sites (tertiary alicyclic amines) is 1. The van der Waals surface area contributed by atoms with Crippen LogP contribution in [0.1, 0.15) is 44.2 Å². The van der Waals surface area contributed by atoms with Crippen LogP contribution in [0.2, 0.25) is 0 Å². The largest absolute Gasteiger partial charge is 0.466 e. The molecule has 1 atom stereocenters. The fraction of sp³-hybridized carbons (Fsp3) is 0.643. The quantitative estimate of drug-likeness (QED) is 0.828.